The average Bonchev–Trinajstić information content (AvgIpc) is 3.32. The number of hydrogen-bond acceptors (Lipinski definition) is 5. The highest BCUT2D eigenvalue weighted by atomic mass is 32.2. The first-order valence-corrected chi connectivity index (χ1v) is 10.1. The molecule has 0 spiro atoms. The predicted octanol–water partition coefficient (Wildman–Crippen LogP) is 2.90. The van der Waals surface area contributed by atoms with Gasteiger partial charge in [0.1, 0.15) is 6.10 Å². The molecule has 27 heavy (non-hydrogen) atoms. The van der Waals surface area contributed by atoms with Crippen molar-refractivity contribution in [3.8, 4) is 0 Å². The lowest BCUT2D eigenvalue weighted by Gasteiger charge is -2.38. The van der Waals surface area contributed by atoms with E-state index >= 15 is 0 Å². The number of aromatic amines is 1. The lowest BCUT2D eigenvalue weighted by molar-refractivity contribution is -0.123. The zero-order valence-electron chi connectivity index (χ0n) is 14.7. The molecular formula is C21H22N2O3S. The standard InChI is InChI=1S/C21H22N2O3S/c24-19-18(23-11-13-10-22-16-9-5-4-8-15(13)16)17-12-25-21(26-17)20(19)27-14-6-2-1-3-7-14/h1-10,17-24H,11-12H2/t17-,18-,19+,20-,21-/m1/s1. The third-order valence-electron chi connectivity index (χ3n) is 5.33. The number of thioether (sulfide) groups is 1. The van der Waals surface area contributed by atoms with Gasteiger partial charge in [-0.3, -0.25) is 0 Å². The van der Waals surface area contributed by atoms with Crippen molar-refractivity contribution in [2.24, 2.45) is 0 Å². The van der Waals surface area contributed by atoms with Gasteiger partial charge in [0.05, 0.1) is 24.0 Å². The van der Waals surface area contributed by atoms with Crippen molar-refractivity contribution in [2.45, 2.75) is 41.2 Å². The molecule has 0 unspecified atom stereocenters. The van der Waals surface area contributed by atoms with E-state index in [9.17, 15) is 5.11 Å². The van der Waals surface area contributed by atoms with Gasteiger partial charge in [0, 0.05) is 28.5 Å². The van der Waals surface area contributed by atoms with Gasteiger partial charge in [0.2, 0.25) is 0 Å². The molecule has 5 nitrogen and oxygen atoms in total. The molecule has 0 aliphatic carbocycles. The van der Waals surface area contributed by atoms with Crippen LogP contribution in [0.4, 0.5) is 0 Å². The number of ether oxygens (including phenoxy) is 2. The zero-order chi connectivity index (χ0) is 18.2. The van der Waals surface area contributed by atoms with Crippen LogP contribution in [-0.2, 0) is 16.0 Å². The summed E-state index contributed by atoms with van der Waals surface area (Å²) in [5.41, 5.74) is 2.31. The van der Waals surface area contributed by atoms with Crippen LogP contribution < -0.4 is 5.32 Å². The molecule has 3 heterocycles. The van der Waals surface area contributed by atoms with Crippen LogP contribution in [0.15, 0.2) is 65.7 Å². The summed E-state index contributed by atoms with van der Waals surface area (Å²) in [5.74, 6) is 0. The zero-order valence-corrected chi connectivity index (χ0v) is 15.6. The minimum absolute atomic E-state index is 0.122. The van der Waals surface area contributed by atoms with Crippen LogP contribution in [0.3, 0.4) is 0 Å². The fourth-order valence-corrected chi connectivity index (χ4v) is 5.12. The second kappa shape index (κ2) is 7.30. The molecule has 2 aliphatic heterocycles. The molecule has 5 atom stereocenters. The van der Waals surface area contributed by atoms with E-state index in [2.05, 4.69) is 22.4 Å². The van der Waals surface area contributed by atoms with Crippen molar-refractivity contribution in [3.05, 3.63) is 66.4 Å². The summed E-state index contributed by atoms with van der Waals surface area (Å²) in [6.45, 7) is 1.18. The summed E-state index contributed by atoms with van der Waals surface area (Å²) in [5, 5.41) is 15.6. The van der Waals surface area contributed by atoms with Gasteiger partial charge < -0.3 is 24.9 Å². The van der Waals surface area contributed by atoms with Gasteiger partial charge in [-0.2, -0.15) is 0 Å². The van der Waals surface area contributed by atoms with Crippen molar-refractivity contribution in [3.63, 3.8) is 0 Å². The summed E-state index contributed by atoms with van der Waals surface area (Å²) >= 11 is 1.62. The van der Waals surface area contributed by atoms with Crippen LogP contribution in [-0.4, -0.2) is 46.5 Å². The van der Waals surface area contributed by atoms with E-state index in [0.29, 0.717) is 13.2 Å². The Morgan fingerprint density at radius 3 is 2.81 bits per heavy atom. The van der Waals surface area contributed by atoms with E-state index in [1.54, 1.807) is 11.8 Å². The number of para-hydroxylation sites is 1. The fourth-order valence-electron chi connectivity index (χ4n) is 3.93. The first kappa shape index (κ1) is 17.3. The number of fused-ring (bicyclic) bond motifs is 3. The van der Waals surface area contributed by atoms with E-state index in [-0.39, 0.29) is 23.7 Å². The maximum atomic E-state index is 11.1. The Kier molecular flexibility index (Phi) is 4.67. The number of aromatic nitrogens is 1. The van der Waals surface area contributed by atoms with Crippen LogP contribution in [0.25, 0.3) is 10.9 Å². The van der Waals surface area contributed by atoms with Crippen LogP contribution in [0.5, 0.6) is 0 Å². The largest absolute Gasteiger partial charge is 0.390 e. The van der Waals surface area contributed by atoms with Gasteiger partial charge in [-0.05, 0) is 23.8 Å². The molecule has 2 saturated heterocycles. The van der Waals surface area contributed by atoms with Crippen molar-refractivity contribution in [1.29, 1.82) is 0 Å². The highest BCUT2D eigenvalue weighted by Gasteiger charge is 2.50. The molecule has 2 fully saturated rings. The summed E-state index contributed by atoms with van der Waals surface area (Å²) < 4.78 is 11.9. The molecule has 0 amide bonds. The number of aliphatic hydroxyl groups is 1. The Hall–Kier alpha value is -1.83. The van der Waals surface area contributed by atoms with Gasteiger partial charge in [-0.1, -0.05) is 36.4 Å². The van der Waals surface area contributed by atoms with Gasteiger partial charge in [0.15, 0.2) is 6.29 Å². The summed E-state index contributed by atoms with van der Waals surface area (Å²) in [6.07, 6.45) is 0.994. The molecule has 2 bridgehead atoms. The maximum absolute atomic E-state index is 11.1. The number of benzene rings is 2. The average molecular weight is 382 g/mol. The molecule has 1 aromatic heterocycles. The Morgan fingerprint density at radius 2 is 1.93 bits per heavy atom. The van der Waals surface area contributed by atoms with E-state index in [4.69, 9.17) is 9.47 Å². The lowest BCUT2D eigenvalue weighted by atomic mass is 9.99. The number of hydrogen-bond donors (Lipinski definition) is 3. The monoisotopic (exact) mass is 382 g/mol. The van der Waals surface area contributed by atoms with E-state index in [1.807, 2.05) is 48.7 Å². The minimum Gasteiger partial charge on any atom is -0.390 e. The Bertz CT molecular complexity index is 916. The van der Waals surface area contributed by atoms with Crippen molar-refractivity contribution >= 4 is 22.7 Å². The molecular weight excluding hydrogens is 360 g/mol. The minimum atomic E-state index is -0.549. The highest BCUT2D eigenvalue weighted by Crippen LogP contribution is 2.38. The van der Waals surface area contributed by atoms with Crippen molar-refractivity contribution < 1.29 is 14.6 Å². The van der Waals surface area contributed by atoms with Gasteiger partial charge in [-0.15, -0.1) is 11.8 Å². The highest BCUT2D eigenvalue weighted by molar-refractivity contribution is 8.00. The predicted molar refractivity (Wildman–Crippen MR) is 106 cm³/mol. The van der Waals surface area contributed by atoms with E-state index in [0.717, 1.165) is 10.4 Å². The number of nitrogens with one attached hydrogen (secondary N) is 2. The Balaban J connectivity index is 1.32. The second-order valence-corrected chi connectivity index (χ2v) is 8.28. The van der Waals surface area contributed by atoms with Gasteiger partial charge in [-0.25, -0.2) is 0 Å². The third kappa shape index (κ3) is 3.28. The van der Waals surface area contributed by atoms with Crippen molar-refractivity contribution in [1.82, 2.24) is 10.3 Å². The van der Waals surface area contributed by atoms with Gasteiger partial charge >= 0.3 is 0 Å². The molecule has 6 heteroatoms. The summed E-state index contributed by atoms with van der Waals surface area (Å²) in [6, 6.07) is 18.2. The quantitative estimate of drug-likeness (QED) is 0.633. The number of H-pyrrole nitrogens is 1. The van der Waals surface area contributed by atoms with Gasteiger partial charge in [0.25, 0.3) is 0 Å². The molecule has 3 N–H and O–H groups in total. The lowest BCUT2D eigenvalue weighted by Crippen LogP contribution is -2.58. The molecule has 3 aromatic rings. The third-order valence-corrected chi connectivity index (χ3v) is 6.64. The normalized spacial score (nSPS) is 30.0. The smallest absolute Gasteiger partial charge is 0.172 e. The Morgan fingerprint density at radius 1 is 1.11 bits per heavy atom. The van der Waals surface area contributed by atoms with E-state index in [1.165, 1.54) is 10.9 Å². The fraction of sp³-hybridized carbons (Fsp3) is 0.333. The number of rotatable bonds is 5. The Labute approximate surface area is 162 Å². The first-order chi connectivity index (χ1) is 13.3. The summed E-state index contributed by atoms with van der Waals surface area (Å²) in [4.78, 5) is 4.41. The molecule has 2 aromatic carbocycles. The molecule has 140 valence electrons. The topological polar surface area (TPSA) is 66.5 Å². The number of aliphatic hydroxyl groups excluding tert-OH is 1. The SMILES string of the molecule is O[C@H]1[C@H](NCc2c[nH]c3ccccc23)[C@H]2CO[C@H](O2)[C@@H]1Sc1ccccc1. The van der Waals surface area contributed by atoms with Crippen LogP contribution in [0, 0.1) is 0 Å². The van der Waals surface area contributed by atoms with E-state index < -0.39 is 6.10 Å². The van der Waals surface area contributed by atoms with Crippen molar-refractivity contribution in [2.75, 3.05) is 6.61 Å². The van der Waals surface area contributed by atoms with Crippen LogP contribution >= 0.6 is 11.8 Å². The molecule has 2 aliphatic rings. The maximum Gasteiger partial charge on any atom is 0.172 e. The molecule has 0 radical (unpaired) electrons. The van der Waals surface area contributed by atoms with Crippen LogP contribution in [0.1, 0.15) is 5.56 Å². The summed E-state index contributed by atoms with van der Waals surface area (Å²) in [7, 11) is 0. The van der Waals surface area contributed by atoms with Crippen LogP contribution in [0.2, 0.25) is 0 Å². The first-order valence-electron chi connectivity index (χ1n) is 9.25. The molecule has 5 rings (SSSR count). The molecule has 0 saturated carbocycles. The second-order valence-electron chi connectivity index (χ2n) is 7.03.